The molecule has 2 N–H and O–H groups in total. The zero-order valence-corrected chi connectivity index (χ0v) is 20.9. The maximum absolute atomic E-state index is 11.9. The first-order valence-corrected chi connectivity index (χ1v) is 11.8. The van der Waals surface area contributed by atoms with E-state index in [9.17, 15) is 9.59 Å². The van der Waals surface area contributed by atoms with Crippen LogP contribution in [0.1, 0.15) is 5.56 Å². The molecule has 5 aromatic rings. The second-order valence-corrected chi connectivity index (χ2v) is 8.90. The van der Waals surface area contributed by atoms with Crippen LogP contribution in [0.3, 0.4) is 0 Å². The molecule has 1 aromatic carbocycles. The third-order valence-electron chi connectivity index (χ3n) is 5.81. The first-order valence-electron chi connectivity index (χ1n) is 11.4. The summed E-state index contributed by atoms with van der Waals surface area (Å²) in [5.41, 5.74) is 4.05. The van der Waals surface area contributed by atoms with Crippen molar-refractivity contribution in [2.45, 2.75) is 13.1 Å². The second kappa shape index (κ2) is 10.2. The Labute approximate surface area is 217 Å². The van der Waals surface area contributed by atoms with E-state index < -0.39 is 0 Å². The van der Waals surface area contributed by atoms with Crippen molar-refractivity contribution in [3.8, 4) is 22.5 Å². The molecule has 10 nitrogen and oxygen atoms in total. The van der Waals surface area contributed by atoms with E-state index in [0.29, 0.717) is 28.8 Å². The van der Waals surface area contributed by atoms with Crippen molar-refractivity contribution in [2.24, 2.45) is 7.05 Å². The number of benzene rings is 1. The highest BCUT2D eigenvalue weighted by Crippen LogP contribution is 2.30. The standard InChI is InChI=1S/C26H23ClN8O2/c1-28-23(36)15-35-14-19(11-31-35)25-32-22-5-3-17(18-4-6-24(37)34(2)13-18)8-21(22)26(33-25)30-10-16-7-20(27)12-29-9-16/h3-9,11-14H,10,15H2,1-2H3,(H,28,36)(H,30,32,33). The molecule has 37 heavy (non-hydrogen) atoms. The molecule has 0 bridgehead atoms. The van der Waals surface area contributed by atoms with E-state index in [2.05, 4.69) is 20.7 Å². The summed E-state index contributed by atoms with van der Waals surface area (Å²) in [6.45, 7) is 0.541. The van der Waals surface area contributed by atoms with Gasteiger partial charge >= 0.3 is 0 Å². The summed E-state index contributed by atoms with van der Waals surface area (Å²) in [4.78, 5) is 37.3. The SMILES string of the molecule is CNC(=O)Cn1cc(-c2nc(NCc3cncc(Cl)c3)c3cc(-c4ccc(=O)n(C)c4)ccc3n2)cn1. The van der Waals surface area contributed by atoms with E-state index >= 15 is 0 Å². The van der Waals surface area contributed by atoms with E-state index in [1.807, 2.05) is 24.3 Å². The fraction of sp³-hybridized carbons (Fsp3) is 0.154. The van der Waals surface area contributed by atoms with Crippen molar-refractivity contribution in [2.75, 3.05) is 12.4 Å². The number of fused-ring (bicyclic) bond motifs is 1. The van der Waals surface area contributed by atoms with Gasteiger partial charge in [0.15, 0.2) is 5.82 Å². The Kier molecular flexibility index (Phi) is 6.65. The van der Waals surface area contributed by atoms with Crippen LogP contribution in [0.4, 0.5) is 5.82 Å². The molecule has 5 rings (SSSR count). The van der Waals surface area contributed by atoms with E-state index in [1.165, 1.54) is 4.68 Å². The number of nitrogens with one attached hydrogen (secondary N) is 2. The molecule has 0 saturated heterocycles. The average molecular weight is 515 g/mol. The van der Waals surface area contributed by atoms with E-state index in [-0.39, 0.29) is 18.0 Å². The highest BCUT2D eigenvalue weighted by Gasteiger charge is 2.14. The molecule has 0 unspecified atom stereocenters. The molecular weight excluding hydrogens is 492 g/mol. The smallest absolute Gasteiger partial charge is 0.250 e. The van der Waals surface area contributed by atoms with Crippen molar-refractivity contribution < 1.29 is 4.79 Å². The van der Waals surface area contributed by atoms with Crippen molar-refractivity contribution >= 4 is 34.2 Å². The van der Waals surface area contributed by atoms with Crippen molar-refractivity contribution in [3.05, 3.63) is 88.3 Å². The molecule has 4 heterocycles. The van der Waals surface area contributed by atoms with Crippen molar-refractivity contribution in [3.63, 3.8) is 0 Å². The zero-order chi connectivity index (χ0) is 25.9. The summed E-state index contributed by atoms with van der Waals surface area (Å²) in [6, 6.07) is 11.0. The Balaban J connectivity index is 1.57. The minimum absolute atomic E-state index is 0.0769. The number of anilines is 1. The monoisotopic (exact) mass is 514 g/mol. The van der Waals surface area contributed by atoms with Crippen molar-refractivity contribution in [1.82, 2.24) is 34.6 Å². The van der Waals surface area contributed by atoms with E-state index in [0.717, 1.165) is 27.6 Å². The number of carbonyl (C=O) groups is 1. The van der Waals surface area contributed by atoms with Crippen LogP contribution in [0.2, 0.25) is 5.02 Å². The van der Waals surface area contributed by atoms with Gasteiger partial charge in [-0.2, -0.15) is 5.10 Å². The molecule has 0 aliphatic heterocycles. The molecule has 4 aromatic heterocycles. The van der Waals surface area contributed by atoms with Gasteiger partial charge in [-0.25, -0.2) is 9.97 Å². The molecule has 0 atom stereocenters. The van der Waals surface area contributed by atoms with Gasteiger partial charge in [-0.3, -0.25) is 19.3 Å². The Morgan fingerprint density at radius 1 is 1.00 bits per heavy atom. The Morgan fingerprint density at radius 3 is 2.62 bits per heavy atom. The quantitative estimate of drug-likeness (QED) is 0.342. The molecular formula is C26H23ClN8O2. The Hall–Kier alpha value is -4.57. The van der Waals surface area contributed by atoms with Crippen molar-refractivity contribution in [1.29, 1.82) is 0 Å². The number of aromatic nitrogens is 6. The number of rotatable bonds is 7. The summed E-state index contributed by atoms with van der Waals surface area (Å²) in [6.07, 6.45) is 8.49. The lowest BCUT2D eigenvalue weighted by atomic mass is 10.0. The van der Waals surface area contributed by atoms with Gasteiger partial charge in [-0.1, -0.05) is 17.7 Å². The van der Waals surface area contributed by atoms with E-state index in [4.69, 9.17) is 21.6 Å². The molecule has 1 amide bonds. The maximum Gasteiger partial charge on any atom is 0.250 e. The van der Waals surface area contributed by atoms with Crippen LogP contribution in [0, 0.1) is 0 Å². The van der Waals surface area contributed by atoms with E-state index in [1.54, 1.807) is 61.8 Å². The minimum Gasteiger partial charge on any atom is -0.365 e. The first kappa shape index (κ1) is 24.1. The number of pyridine rings is 2. The number of likely N-dealkylation sites (N-methyl/N-ethyl adjacent to an activating group) is 1. The van der Waals surface area contributed by atoms with Gasteiger partial charge in [0.25, 0.3) is 0 Å². The Morgan fingerprint density at radius 2 is 1.84 bits per heavy atom. The number of carbonyl (C=O) groups excluding carboxylic acids is 1. The van der Waals surface area contributed by atoms with Crippen LogP contribution in [0.15, 0.2) is 72.2 Å². The lowest BCUT2D eigenvalue weighted by Crippen LogP contribution is -2.23. The summed E-state index contributed by atoms with van der Waals surface area (Å²) in [5.74, 6) is 0.931. The number of halogens is 1. The third kappa shape index (κ3) is 5.34. The van der Waals surface area contributed by atoms with Gasteiger partial charge < -0.3 is 15.2 Å². The highest BCUT2D eigenvalue weighted by atomic mass is 35.5. The molecule has 0 aliphatic rings. The number of amides is 1. The summed E-state index contributed by atoms with van der Waals surface area (Å²) in [5, 5.41) is 11.6. The van der Waals surface area contributed by atoms with Crippen LogP contribution in [-0.4, -0.2) is 42.3 Å². The van der Waals surface area contributed by atoms with Gasteiger partial charge in [0.05, 0.1) is 22.3 Å². The van der Waals surface area contributed by atoms with Gasteiger partial charge in [0, 0.05) is 56.9 Å². The van der Waals surface area contributed by atoms with Crippen LogP contribution in [0.25, 0.3) is 33.4 Å². The number of nitrogens with zero attached hydrogens (tertiary/aromatic N) is 6. The average Bonchev–Trinajstić information content (AvgIpc) is 3.37. The summed E-state index contributed by atoms with van der Waals surface area (Å²) < 4.78 is 3.08. The molecule has 0 fully saturated rings. The van der Waals surface area contributed by atoms with Gasteiger partial charge in [-0.15, -0.1) is 0 Å². The molecule has 0 spiro atoms. The Bertz CT molecular complexity index is 1680. The molecule has 11 heteroatoms. The molecule has 0 saturated carbocycles. The molecule has 0 aliphatic carbocycles. The molecule has 186 valence electrons. The van der Waals surface area contributed by atoms with Gasteiger partial charge in [-0.05, 0) is 41.0 Å². The third-order valence-corrected chi connectivity index (χ3v) is 6.02. The van der Waals surface area contributed by atoms with Gasteiger partial charge in [0.1, 0.15) is 12.4 Å². The summed E-state index contributed by atoms with van der Waals surface area (Å²) >= 11 is 6.11. The predicted molar refractivity (Wildman–Crippen MR) is 142 cm³/mol. The second-order valence-electron chi connectivity index (χ2n) is 8.46. The summed E-state index contributed by atoms with van der Waals surface area (Å²) in [7, 11) is 3.30. The lowest BCUT2D eigenvalue weighted by molar-refractivity contribution is -0.121. The number of hydrogen-bond acceptors (Lipinski definition) is 7. The van der Waals surface area contributed by atoms with Gasteiger partial charge in [0.2, 0.25) is 11.5 Å². The topological polar surface area (TPSA) is 120 Å². The van der Waals surface area contributed by atoms with Crippen LogP contribution in [0.5, 0.6) is 0 Å². The highest BCUT2D eigenvalue weighted by molar-refractivity contribution is 6.30. The minimum atomic E-state index is -0.155. The lowest BCUT2D eigenvalue weighted by Gasteiger charge is -2.12. The van der Waals surface area contributed by atoms with Crippen LogP contribution < -0.4 is 16.2 Å². The van der Waals surface area contributed by atoms with Crippen LogP contribution in [-0.2, 0) is 24.9 Å². The molecule has 0 radical (unpaired) electrons. The zero-order valence-electron chi connectivity index (χ0n) is 20.1. The largest absolute Gasteiger partial charge is 0.365 e. The number of hydrogen-bond donors (Lipinski definition) is 2. The normalized spacial score (nSPS) is 11.0. The number of aryl methyl sites for hydroxylation is 1. The van der Waals surface area contributed by atoms with Crippen LogP contribution >= 0.6 is 11.6 Å². The fourth-order valence-electron chi connectivity index (χ4n) is 3.87. The predicted octanol–water partition coefficient (Wildman–Crippen LogP) is 3.27. The first-order chi connectivity index (χ1) is 17.9. The fourth-order valence-corrected chi connectivity index (χ4v) is 4.06. The maximum atomic E-state index is 11.9.